The molecule has 4 nitrogen and oxygen atoms in total. The minimum absolute atomic E-state index is 0.0911. The molecule has 148 valence electrons. The van der Waals surface area contributed by atoms with Gasteiger partial charge in [0.15, 0.2) is 23.1 Å². The summed E-state index contributed by atoms with van der Waals surface area (Å²) in [5.74, 6) is -0.371. The molecule has 1 atom stereocenters. The Morgan fingerprint density at radius 2 is 1.89 bits per heavy atom. The molecule has 3 rings (SSSR count). The van der Waals surface area contributed by atoms with E-state index in [4.69, 9.17) is 14.5 Å². The lowest BCUT2D eigenvalue weighted by Crippen LogP contribution is -2.22. The van der Waals surface area contributed by atoms with Crippen LogP contribution in [0.1, 0.15) is 24.2 Å². The van der Waals surface area contributed by atoms with E-state index in [0.29, 0.717) is 23.6 Å². The Kier molecular flexibility index (Phi) is 6.26. The number of halogens is 2. The lowest BCUT2D eigenvalue weighted by atomic mass is 10.1. The fourth-order valence-corrected chi connectivity index (χ4v) is 3.81. The number of aromatic nitrogens is 1. The highest BCUT2D eigenvalue weighted by molar-refractivity contribution is 7.13. The Bertz CT molecular complexity index is 961. The molecule has 0 amide bonds. The largest absolute Gasteiger partial charge is 0.493 e. The van der Waals surface area contributed by atoms with Crippen LogP contribution in [0.4, 0.5) is 8.78 Å². The molecular weight excluding hydrogens is 382 g/mol. The van der Waals surface area contributed by atoms with Crippen LogP contribution in [0.2, 0.25) is 0 Å². The van der Waals surface area contributed by atoms with Crippen molar-refractivity contribution in [1.82, 2.24) is 9.88 Å². The zero-order valence-electron chi connectivity index (χ0n) is 16.2. The van der Waals surface area contributed by atoms with E-state index in [-0.39, 0.29) is 6.04 Å². The zero-order chi connectivity index (χ0) is 20.3. The second kappa shape index (κ2) is 8.67. The van der Waals surface area contributed by atoms with Crippen molar-refractivity contribution in [2.45, 2.75) is 19.5 Å². The molecule has 0 saturated heterocycles. The van der Waals surface area contributed by atoms with Gasteiger partial charge in [-0.2, -0.15) is 0 Å². The highest BCUT2D eigenvalue weighted by Gasteiger charge is 2.18. The number of thiazole rings is 1. The Balaban J connectivity index is 1.78. The van der Waals surface area contributed by atoms with E-state index in [1.807, 2.05) is 42.5 Å². The summed E-state index contributed by atoms with van der Waals surface area (Å²) in [5, 5.41) is 2.82. The second-order valence-electron chi connectivity index (χ2n) is 6.45. The molecule has 0 radical (unpaired) electrons. The number of hydrogen-bond acceptors (Lipinski definition) is 5. The van der Waals surface area contributed by atoms with E-state index in [1.54, 1.807) is 20.3 Å². The van der Waals surface area contributed by atoms with Crippen LogP contribution in [0.15, 0.2) is 41.8 Å². The van der Waals surface area contributed by atoms with Crippen molar-refractivity contribution in [3.63, 3.8) is 0 Å². The number of nitrogens with zero attached hydrogens (tertiary/aromatic N) is 2. The molecule has 0 spiro atoms. The molecule has 0 unspecified atom stereocenters. The summed E-state index contributed by atoms with van der Waals surface area (Å²) >= 11 is 1.52. The van der Waals surface area contributed by atoms with Gasteiger partial charge in [0.1, 0.15) is 5.01 Å². The van der Waals surface area contributed by atoms with Gasteiger partial charge in [-0.05, 0) is 43.8 Å². The Morgan fingerprint density at radius 3 is 2.57 bits per heavy atom. The van der Waals surface area contributed by atoms with Gasteiger partial charge in [0.25, 0.3) is 0 Å². The predicted molar refractivity (Wildman–Crippen MR) is 107 cm³/mol. The molecule has 2 aromatic carbocycles. The van der Waals surface area contributed by atoms with Crippen molar-refractivity contribution in [2.75, 3.05) is 21.3 Å². The minimum Gasteiger partial charge on any atom is -0.493 e. The van der Waals surface area contributed by atoms with Crippen LogP contribution in [0.25, 0.3) is 10.6 Å². The smallest absolute Gasteiger partial charge is 0.170 e. The van der Waals surface area contributed by atoms with Gasteiger partial charge in [-0.3, -0.25) is 4.90 Å². The molecule has 1 heterocycles. The molecule has 28 heavy (non-hydrogen) atoms. The molecule has 0 aliphatic carbocycles. The van der Waals surface area contributed by atoms with Crippen LogP contribution >= 0.6 is 11.3 Å². The maximum absolute atomic E-state index is 13.5. The van der Waals surface area contributed by atoms with Gasteiger partial charge >= 0.3 is 0 Å². The van der Waals surface area contributed by atoms with Gasteiger partial charge in [0.05, 0.1) is 25.5 Å². The summed E-state index contributed by atoms with van der Waals surface area (Å²) in [6, 6.07) is 9.59. The third kappa shape index (κ3) is 4.15. The number of benzene rings is 2. The average Bonchev–Trinajstić information content (AvgIpc) is 3.16. The Labute approximate surface area is 167 Å². The first kappa shape index (κ1) is 20.2. The van der Waals surface area contributed by atoms with Crippen LogP contribution in [0.5, 0.6) is 11.5 Å². The van der Waals surface area contributed by atoms with Crippen LogP contribution in [-0.4, -0.2) is 31.2 Å². The van der Waals surface area contributed by atoms with E-state index < -0.39 is 11.6 Å². The van der Waals surface area contributed by atoms with Crippen LogP contribution in [0.3, 0.4) is 0 Å². The molecule has 0 saturated carbocycles. The van der Waals surface area contributed by atoms with E-state index in [9.17, 15) is 8.78 Å². The Morgan fingerprint density at radius 1 is 1.11 bits per heavy atom. The molecule has 7 heteroatoms. The molecule has 0 aliphatic rings. The van der Waals surface area contributed by atoms with Gasteiger partial charge in [-0.25, -0.2) is 13.8 Å². The van der Waals surface area contributed by atoms with E-state index in [1.165, 1.54) is 17.4 Å². The third-order valence-electron chi connectivity index (χ3n) is 4.68. The number of ether oxygens (including phenoxy) is 2. The maximum Gasteiger partial charge on any atom is 0.170 e. The van der Waals surface area contributed by atoms with E-state index in [2.05, 4.69) is 0 Å². The van der Waals surface area contributed by atoms with Gasteiger partial charge in [0, 0.05) is 18.0 Å². The quantitative estimate of drug-likeness (QED) is 0.535. The first-order valence-corrected chi connectivity index (χ1v) is 9.63. The van der Waals surface area contributed by atoms with Gasteiger partial charge in [-0.15, -0.1) is 11.3 Å². The van der Waals surface area contributed by atoms with Gasteiger partial charge < -0.3 is 9.47 Å². The average molecular weight is 404 g/mol. The predicted octanol–water partition coefficient (Wildman–Crippen LogP) is 5.30. The van der Waals surface area contributed by atoms with Crippen molar-refractivity contribution in [1.29, 1.82) is 0 Å². The van der Waals surface area contributed by atoms with E-state index >= 15 is 0 Å². The Hall–Kier alpha value is -2.51. The van der Waals surface area contributed by atoms with Crippen LogP contribution in [0, 0.1) is 11.6 Å². The van der Waals surface area contributed by atoms with Crippen LogP contribution < -0.4 is 9.47 Å². The van der Waals surface area contributed by atoms with Crippen molar-refractivity contribution < 1.29 is 18.3 Å². The van der Waals surface area contributed by atoms with Gasteiger partial charge in [-0.1, -0.05) is 12.1 Å². The topological polar surface area (TPSA) is 34.6 Å². The molecule has 0 N–H and O–H groups in total. The normalized spacial score (nSPS) is 12.2. The minimum atomic E-state index is -0.838. The molecule has 0 bridgehead atoms. The summed E-state index contributed by atoms with van der Waals surface area (Å²) in [6.45, 7) is 2.52. The van der Waals surface area contributed by atoms with Crippen LogP contribution in [-0.2, 0) is 6.54 Å². The second-order valence-corrected chi connectivity index (χ2v) is 7.31. The summed E-state index contributed by atoms with van der Waals surface area (Å²) < 4.78 is 37.6. The molecular formula is C21H22F2N2O2S. The lowest BCUT2D eigenvalue weighted by Gasteiger charge is -2.24. The summed E-state index contributed by atoms with van der Waals surface area (Å²) in [6.07, 6.45) is 0. The summed E-state index contributed by atoms with van der Waals surface area (Å²) in [4.78, 5) is 6.76. The molecule has 0 aliphatic heterocycles. The summed E-state index contributed by atoms with van der Waals surface area (Å²) in [7, 11) is 5.13. The first-order valence-electron chi connectivity index (χ1n) is 8.75. The summed E-state index contributed by atoms with van der Waals surface area (Å²) in [5.41, 5.74) is 2.47. The molecule has 3 aromatic rings. The highest BCUT2D eigenvalue weighted by atomic mass is 32.1. The fourth-order valence-electron chi connectivity index (χ4n) is 2.98. The zero-order valence-corrected chi connectivity index (χ0v) is 17.0. The lowest BCUT2D eigenvalue weighted by molar-refractivity contribution is 0.250. The standard InChI is InChI=1S/C21H22F2N2O2S/c1-13(14-8-9-17(22)18(23)10-14)25(2)11-15-12-28-21(24-15)16-6-5-7-19(26-3)20(16)27-4/h5-10,12-13H,11H2,1-4H3/t13-/m1/s1. The highest BCUT2D eigenvalue weighted by Crippen LogP contribution is 2.39. The van der Waals surface area contributed by atoms with Crippen molar-refractivity contribution in [3.8, 4) is 22.1 Å². The number of methoxy groups -OCH3 is 2. The maximum atomic E-state index is 13.5. The molecule has 1 aromatic heterocycles. The molecule has 0 fully saturated rings. The van der Waals surface area contributed by atoms with Crippen molar-refractivity contribution in [3.05, 3.63) is 64.7 Å². The number of para-hydroxylation sites is 1. The third-order valence-corrected chi connectivity index (χ3v) is 5.61. The SMILES string of the molecule is COc1cccc(-c2nc(CN(C)[C@H](C)c3ccc(F)c(F)c3)cs2)c1OC. The first-order chi connectivity index (χ1) is 13.4. The van der Waals surface area contributed by atoms with Crippen molar-refractivity contribution >= 4 is 11.3 Å². The van der Waals surface area contributed by atoms with Gasteiger partial charge in [0.2, 0.25) is 0 Å². The monoisotopic (exact) mass is 404 g/mol. The van der Waals surface area contributed by atoms with E-state index in [0.717, 1.165) is 22.3 Å². The number of hydrogen-bond donors (Lipinski definition) is 0. The van der Waals surface area contributed by atoms with Crippen molar-refractivity contribution in [2.24, 2.45) is 0 Å². The number of rotatable bonds is 7. The fraction of sp³-hybridized carbons (Fsp3) is 0.286.